The van der Waals surface area contributed by atoms with Crippen molar-refractivity contribution in [2.75, 3.05) is 12.3 Å². The van der Waals surface area contributed by atoms with Gasteiger partial charge in [-0.25, -0.2) is 17.8 Å². The van der Waals surface area contributed by atoms with Crippen molar-refractivity contribution in [3.8, 4) is 5.69 Å². The molecule has 2 aromatic rings. The van der Waals surface area contributed by atoms with Crippen LogP contribution in [-0.2, 0) is 10.0 Å². The second-order valence-electron chi connectivity index (χ2n) is 3.65. The molecule has 0 aliphatic rings. The van der Waals surface area contributed by atoms with E-state index in [9.17, 15) is 8.42 Å². The zero-order valence-corrected chi connectivity index (χ0v) is 10.7. The molecule has 96 valence electrons. The van der Waals surface area contributed by atoms with Crippen molar-refractivity contribution in [2.45, 2.75) is 11.8 Å². The van der Waals surface area contributed by atoms with Gasteiger partial charge in [0.1, 0.15) is 10.7 Å². The summed E-state index contributed by atoms with van der Waals surface area (Å²) in [6, 6.07) is 8.23. The highest BCUT2D eigenvalue weighted by Gasteiger charge is 2.18. The molecule has 0 aliphatic carbocycles. The van der Waals surface area contributed by atoms with Crippen LogP contribution in [-0.4, -0.2) is 24.7 Å². The Morgan fingerprint density at radius 2 is 2.06 bits per heavy atom. The van der Waals surface area contributed by atoms with Crippen molar-refractivity contribution in [1.82, 2.24) is 14.5 Å². The third-order valence-electron chi connectivity index (χ3n) is 2.35. The molecule has 0 saturated carbocycles. The average molecular weight is 266 g/mol. The summed E-state index contributed by atoms with van der Waals surface area (Å²) in [5.41, 5.74) is 6.00. The highest BCUT2D eigenvalue weighted by Crippen LogP contribution is 2.19. The third-order valence-corrected chi connectivity index (χ3v) is 3.94. The van der Waals surface area contributed by atoms with E-state index in [0.717, 1.165) is 0 Å². The van der Waals surface area contributed by atoms with Crippen molar-refractivity contribution in [1.29, 1.82) is 0 Å². The Labute approximate surface area is 105 Å². The van der Waals surface area contributed by atoms with E-state index < -0.39 is 10.0 Å². The molecule has 1 aromatic heterocycles. The normalized spacial score (nSPS) is 11.6. The van der Waals surface area contributed by atoms with Gasteiger partial charge in [0.15, 0.2) is 0 Å². The molecule has 0 bridgehead atoms. The number of aromatic nitrogens is 2. The summed E-state index contributed by atoms with van der Waals surface area (Å²) >= 11 is 0. The SMILES string of the molecule is CCNS(=O)(=O)c1ccccc1-n1ccc(N)n1. The second-order valence-corrected chi connectivity index (χ2v) is 5.39. The molecule has 2 rings (SSSR count). The molecule has 0 radical (unpaired) electrons. The number of hydrogen-bond donors (Lipinski definition) is 2. The fourth-order valence-corrected chi connectivity index (χ4v) is 2.84. The van der Waals surface area contributed by atoms with Gasteiger partial charge in [0.2, 0.25) is 10.0 Å². The minimum Gasteiger partial charge on any atom is -0.382 e. The highest BCUT2D eigenvalue weighted by molar-refractivity contribution is 7.89. The maximum atomic E-state index is 12.0. The standard InChI is InChI=1S/C11H14N4O2S/c1-2-13-18(16,17)10-6-4-3-5-9(10)15-8-7-11(12)14-15/h3-8,13H,2H2,1H3,(H2,12,14). The van der Waals surface area contributed by atoms with E-state index in [4.69, 9.17) is 5.73 Å². The lowest BCUT2D eigenvalue weighted by atomic mass is 10.3. The molecule has 3 N–H and O–H groups in total. The first-order chi connectivity index (χ1) is 8.54. The van der Waals surface area contributed by atoms with Crippen molar-refractivity contribution in [3.63, 3.8) is 0 Å². The van der Waals surface area contributed by atoms with Crippen molar-refractivity contribution in [2.24, 2.45) is 0 Å². The van der Waals surface area contributed by atoms with Crippen LogP contribution in [0.15, 0.2) is 41.4 Å². The van der Waals surface area contributed by atoms with Gasteiger partial charge in [-0.3, -0.25) is 0 Å². The van der Waals surface area contributed by atoms with Gasteiger partial charge in [-0.15, -0.1) is 0 Å². The summed E-state index contributed by atoms with van der Waals surface area (Å²) < 4.78 is 28.0. The fourth-order valence-electron chi connectivity index (χ4n) is 1.61. The lowest BCUT2D eigenvalue weighted by Crippen LogP contribution is -2.24. The Hall–Kier alpha value is -1.86. The lowest BCUT2D eigenvalue weighted by Gasteiger charge is -2.10. The number of nitrogens with one attached hydrogen (secondary N) is 1. The van der Waals surface area contributed by atoms with Crippen molar-refractivity contribution in [3.05, 3.63) is 36.5 Å². The molecule has 18 heavy (non-hydrogen) atoms. The molecule has 0 unspecified atom stereocenters. The fraction of sp³-hybridized carbons (Fsp3) is 0.182. The van der Waals surface area contributed by atoms with E-state index in [-0.39, 0.29) is 4.90 Å². The first-order valence-corrected chi connectivity index (χ1v) is 6.93. The summed E-state index contributed by atoms with van der Waals surface area (Å²) in [7, 11) is -3.53. The van der Waals surface area contributed by atoms with Crippen LogP contribution in [0.2, 0.25) is 0 Å². The Balaban J connectivity index is 2.57. The van der Waals surface area contributed by atoms with Gasteiger partial charge in [-0.05, 0) is 12.1 Å². The van der Waals surface area contributed by atoms with Crippen LogP contribution in [0.4, 0.5) is 5.82 Å². The van der Waals surface area contributed by atoms with Crippen LogP contribution in [0, 0.1) is 0 Å². The minimum atomic E-state index is -3.53. The second kappa shape index (κ2) is 4.79. The van der Waals surface area contributed by atoms with Gasteiger partial charge in [0.05, 0.1) is 5.69 Å². The van der Waals surface area contributed by atoms with Crippen molar-refractivity contribution >= 4 is 15.8 Å². The molecule has 6 nitrogen and oxygen atoms in total. The van der Waals surface area contributed by atoms with E-state index in [1.165, 1.54) is 10.7 Å². The molecular weight excluding hydrogens is 252 g/mol. The zero-order valence-electron chi connectivity index (χ0n) is 9.87. The number of sulfonamides is 1. The molecule has 0 fully saturated rings. The van der Waals surface area contributed by atoms with E-state index in [1.54, 1.807) is 37.4 Å². The lowest BCUT2D eigenvalue weighted by molar-refractivity contribution is 0.583. The van der Waals surface area contributed by atoms with Gasteiger partial charge < -0.3 is 5.73 Å². The Morgan fingerprint density at radius 3 is 2.67 bits per heavy atom. The molecule has 0 amide bonds. The van der Waals surface area contributed by atoms with E-state index in [1.807, 2.05) is 0 Å². The molecule has 7 heteroatoms. The number of benzene rings is 1. The van der Waals surface area contributed by atoms with Gasteiger partial charge >= 0.3 is 0 Å². The maximum absolute atomic E-state index is 12.0. The van der Waals surface area contributed by atoms with Crippen LogP contribution in [0.25, 0.3) is 5.69 Å². The topological polar surface area (TPSA) is 90.0 Å². The number of nitrogens with zero attached hydrogens (tertiary/aromatic N) is 2. The van der Waals surface area contributed by atoms with Crippen LogP contribution < -0.4 is 10.5 Å². The Kier molecular flexibility index (Phi) is 3.35. The smallest absolute Gasteiger partial charge is 0.242 e. The molecule has 0 saturated heterocycles. The number of nitrogens with two attached hydrogens (primary N) is 1. The van der Waals surface area contributed by atoms with E-state index in [2.05, 4.69) is 9.82 Å². The summed E-state index contributed by atoms with van der Waals surface area (Å²) in [6.07, 6.45) is 1.62. The Bertz CT molecular complexity index is 649. The van der Waals surface area contributed by atoms with Gasteiger partial charge in [0, 0.05) is 18.8 Å². The quantitative estimate of drug-likeness (QED) is 0.854. The number of nitrogen functional groups attached to an aromatic ring is 1. The first-order valence-electron chi connectivity index (χ1n) is 5.45. The molecule has 1 aromatic carbocycles. The molecule has 0 spiro atoms. The zero-order chi connectivity index (χ0) is 13.2. The van der Waals surface area contributed by atoms with Gasteiger partial charge in [-0.2, -0.15) is 5.10 Å². The number of para-hydroxylation sites is 1. The molecular formula is C11H14N4O2S. The van der Waals surface area contributed by atoms with Crippen LogP contribution in [0.3, 0.4) is 0 Å². The van der Waals surface area contributed by atoms with Gasteiger partial charge in [0.25, 0.3) is 0 Å². The molecule has 1 heterocycles. The molecule has 0 atom stereocenters. The first kappa shape index (κ1) is 12.6. The highest BCUT2D eigenvalue weighted by atomic mass is 32.2. The summed E-state index contributed by atoms with van der Waals surface area (Å²) in [6.45, 7) is 2.06. The van der Waals surface area contributed by atoms with Crippen LogP contribution in [0.5, 0.6) is 0 Å². The Morgan fingerprint density at radius 1 is 1.33 bits per heavy atom. The van der Waals surface area contributed by atoms with Gasteiger partial charge in [-0.1, -0.05) is 19.1 Å². The summed E-state index contributed by atoms with van der Waals surface area (Å²) in [5.74, 6) is 0.339. The van der Waals surface area contributed by atoms with Crippen molar-refractivity contribution < 1.29 is 8.42 Å². The largest absolute Gasteiger partial charge is 0.382 e. The maximum Gasteiger partial charge on any atom is 0.242 e. The predicted octanol–water partition coefficient (Wildman–Crippen LogP) is 0.753. The number of rotatable bonds is 4. The predicted molar refractivity (Wildman–Crippen MR) is 68.8 cm³/mol. The van der Waals surface area contributed by atoms with Crippen LogP contribution >= 0.6 is 0 Å². The number of hydrogen-bond acceptors (Lipinski definition) is 4. The average Bonchev–Trinajstić information content (AvgIpc) is 2.76. The number of anilines is 1. The van der Waals surface area contributed by atoms with E-state index in [0.29, 0.717) is 18.1 Å². The third kappa shape index (κ3) is 2.36. The minimum absolute atomic E-state index is 0.176. The van der Waals surface area contributed by atoms with E-state index >= 15 is 0 Å². The summed E-state index contributed by atoms with van der Waals surface area (Å²) in [4.78, 5) is 0.176. The van der Waals surface area contributed by atoms with Crippen LogP contribution in [0.1, 0.15) is 6.92 Å². The monoisotopic (exact) mass is 266 g/mol. The summed E-state index contributed by atoms with van der Waals surface area (Å²) in [5, 5.41) is 4.02. The molecule has 0 aliphatic heterocycles.